The summed E-state index contributed by atoms with van der Waals surface area (Å²) < 4.78 is 32.1. The van der Waals surface area contributed by atoms with E-state index in [0.29, 0.717) is 28.6 Å². The number of likely N-dealkylation sites (tertiary alicyclic amines) is 1. The van der Waals surface area contributed by atoms with Gasteiger partial charge in [-0.15, -0.1) is 0 Å². The molecule has 5 aromatic rings. The first-order valence-electron chi connectivity index (χ1n) is 20.6. The highest BCUT2D eigenvalue weighted by Gasteiger charge is 2.32. The van der Waals surface area contributed by atoms with Crippen LogP contribution in [0.5, 0.6) is 0 Å². The number of halogens is 2. The van der Waals surface area contributed by atoms with Crippen molar-refractivity contribution in [3.8, 4) is 11.3 Å². The second kappa shape index (κ2) is 17.1. The largest absolute Gasteiger partial charge is 0.371 e. The number of nitrogens with one attached hydrogen (secondary N) is 3. The lowest BCUT2D eigenvalue weighted by atomic mass is 9.89. The molecule has 3 N–H and O–H groups in total. The second-order valence-corrected chi connectivity index (χ2v) is 16.3. The number of amides is 4. The molecule has 3 fully saturated rings. The van der Waals surface area contributed by atoms with Crippen molar-refractivity contribution in [3.63, 3.8) is 0 Å². The molecule has 3 aliphatic heterocycles. The molecule has 1 atom stereocenters. The summed E-state index contributed by atoms with van der Waals surface area (Å²) in [7, 11) is 0. The van der Waals surface area contributed by atoms with Gasteiger partial charge in [0.05, 0.1) is 11.7 Å². The molecule has 0 spiro atoms. The van der Waals surface area contributed by atoms with Gasteiger partial charge in [0.25, 0.3) is 5.91 Å². The van der Waals surface area contributed by atoms with E-state index in [9.17, 15) is 19.2 Å². The van der Waals surface area contributed by atoms with Crippen molar-refractivity contribution in [2.45, 2.75) is 77.8 Å². The monoisotopic (exact) mass is 818 g/mol. The average molecular weight is 819 g/mol. The van der Waals surface area contributed by atoms with Gasteiger partial charge in [0.1, 0.15) is 28.9 Å². The molecule has 6 heterocycles. The van der Waals surface area contributed by atoms with Crippen LogP contribution in [0.15, 0.2) is 60.9 Å². The number of imidazole rings is 1. The third kappa shape index (κ3) is 8.68. The zero-order chi connectivity index (χ0) is 42.1. The van der Waals surface area contributed by atoms with Crippen LogP contribution in [0.4, 0.5) is 26.2 Å². The predicted molar refractivity (Wildman–Crippen MR) is 221 cm³/mol. The minimum absolute atomic E-state index is 0.0227. The van der Waals surface area contributed by atoms with Crippen molar-refractivity contribution < 1.29 is 28.0 Å². The topological polar surface area (TPSA) is 167 Å². The Morgan fingerprint density at radius 3 is 2.32 bits per heavy atom. The van der Waals surface area contributed by atoms with Crippen LogP contribution in [0.1, 0.15) is 80.2 Å². The lowest BCUT2D eigenvalue weighted by Gasteiger charge is -2.38. The van der Waals surface area contributed by atoms with Crippen molar-refractivity contribution in [2.24, 2.45) is 11.8 Å². The maximum Gasteiger partial charge on any atom is 0.251 e. The van der Waals surface area contributed by atoms with Crippen LogP contribution in [0.25, 0.3) is 22.3 Å². The van der Waals surface area contributed by atoms with E-state index in [0.717, 1.165) is 75.7 Å². The Labute approximate surface area is 346 Å². The second-order valence-electron chi connectivity index (χ2n) is 16.3. The van der Waals surface area contributed by atoms with Gasteiger partial charge in [-0.2, -0.15) is 0 Å². The van der Waals surface area contributed by atoms with E-state index in [1.165, 1.54) is 6.07 Å². The molecular weight excluding hydrogens is 771 g/mol. The van der Waals surface area contributed by atoms with Crippen LogP contribution in [-0.2, 0) is 20.8 Å². The number of pyridine rings is 1. The van der Waals surface area contributed by atoms with E-state index < -0.39 is 23.6 Å². The summed E-state index contributed by atoms with van der Waals surface area (Å²) in [6, 6.07) is 13.3. The van der Waals surface area contributed by atoms with E-state index in [4.69, 9.17) is 0 Å². The van der Waals surface area contributed by atoms with E-state index in [1.807, 2.05) is 54.5 Å². The van der Waals surface area contributed by atoms with Crippen LogP contribution in [0.2, 0.25) is 0 Å². The summed E-state index contributed by atoms with van der Waals surface area (Å²) in [5.41, 5.74) is 3.54. The summed E-state index contributed by atoms with van der Waals surface area (Å²) in [5, 5.41) is 8.01. The number of aromatic nitrogens is 5. The van der Waals surface area contributed by atoms with Crippen LogP contribution < -0.4 is 20.9 Å². The highest BCUT2D eigenvalue weighted by atomic mass is 19.1. The molecular formula is C44H48F2N10O4. The lowest BCUT2D eigenvalue weighted by Crippen LogP contribution is -2.52. The van der Waals surface area contributed by atoms with Crippen LogP contribution in [0.3, 0.4) is 0 Å². The molecule has 3 saturated heterocycles. The number of piperidine rings is 3. The minimum Gasteiger partial charge on any atom is -0.371 e. The first-order chi connectivity index (χ1) is 28.9. The van der Waals surface area contributed by atoms with Gasteiger partial charge < -0.3 is 25.0 Å². The summed E-state index contributed by atoms with van der Waals surface area (Å²) >= 11 is 0. The van der Waals surface area contributed by atoms with Crippen LogP contribution in [0, 0.1) is 30.4 Å². The number of hydrogen-bond donors (Lipinski definition) is 3. The molecule has 3 aromatic heterocycles. The average Bonchev–Trinajstić information content (AvgIpc) is 3.60. The zero-order valence-electron chi connectivity index (χ0n) is 33.9. The summed E-state index contributed by atoms with van der Waals surface area (Å²) in [4.78, 5) is 71.3. The molecule has 8 rings (SSSR count). The van der Waals surface area contributed by atoms with Crippen LogP contribution in [-0.4, -0.2) is 85.3 Å². The Hall–Kier alpha value is -6.32. The fourth-order valence-corrected chi connectivity index (χ4v) is 8.65. The molecule has 0 saturated carbocycles. The zero-order valence-corrected chi connectivity index (χ0v) is 33.9. The molecule has 14 nitrogen and oxygen atoms in total. The number of benzene rings is 2. The minimum atomic E-state index is -0.727. The van der Waals surface area contributed by atoms with Gasteiger partial charge in [-0.3, -0.25) is 24.5 Å². The van der Waals surface area contributed by atoms with Gasteiger partial charge >= 0.3 is 0 Å². The number of nitrogens with zero attached hydrogens (tertiary/aromatic N) is 7. The fourth-order valence-electron chi connectivity index (χ4n) is 8.65. The lowest BCUT2D eigenvalue weighted by molar-refractivity contribution is -0.138. The molecule has 16 heteroatoms. The van der Waals surface area contributed by atoms with Crippen molar-refractivity contribution in [2.75, 3.05) is 36.4 Å². The summed E-state index contributed by atoms with van der Waals surface area (Å²) in [5.74, 6) is -0.490. The fraction of sp³-hybridized carbons (Fsp3) is 0.409. The summed E-state index contributed by atoms with van der Waals surface area (Å²) in [6.07, 6.45) is 7.51. The molecule has 3 aliphatic rings. The SMILES string of the molecule is Cc1nc2c(F)cc(-c3nc(Nc4ccc(CC5CCN(C(=O)C6CCN(c7ccc(C(=O)NC8CCC(=O)NC8=O)cc7)CC6)CC5)cn4)ncc3F)cc2n1C(C)C. The number of anilines is 3. The van der Waals surface area contributed by atoms with Crippen molar-refractivity contribution in [1.82, 2.24) is 40.0 Å². The number of rotatable bonds is 10. The van der Waals surface area contributed by atoms with Gasteiger partial charge in [0.2, 0.25) is 23.7 Å². The number of imide groups is 1. The van der Waals surface area contributed by atoms with Gasteiger partial charge in [-0.05, 0) is 113 Å². The number of hydrogen-bond acceptors (Lipinski definition) is 10. The molecule has 0 aliphatic carbocycles. The quantitative estimate of drug-likeness (QED) is 0.142. The van der Waals surface area contributed by atoms with Crippen LogP contribution >= 0.6 is 0 Å². The highest BCUT2D eigenvalue weighted by Crippen LogP contribution is 2.32. The first-order valence-corrected chi connectivity index (χ1v) is 20.6. The van der Waals surface area contributed by atoms with Crippen molar-refractivity contribution in [1.29, 1.82) is 0 Å². The Bertz CT molecular complexity index is 2420. The van der Waals surface area contributed by atoms with E-state index in [1.54, 1.807) is 24.4 Å². The highest BCUT2D eigenvalue weighted by molar-refractivity contribution is 6.03. The van der Waals surface area contributed by atoms with Crippen molar-refractivity contribution in [3.05, 3.63) is 89.5 Å². The molecule has 0 bridgehead atoms. The molecule has 2 aromatic carbocycles. The molecule has 4 amide bonds. The maximum absolute atomic E-state index is 15.1. The number of fused-ring (bicyclic) bond motifs is 1. The van der Waals surface area contributed by atoms with Crippen molar-refractivity contribution >= 4 is 52.1 Å². The van der Waals surface area contributed by atoms with E-state index >= 15 is 8.78 Å². The first kappa shape index (κ1) is 40.5. The Morgan fingerprint density at radius 2 is 1.63 bits per heavy atom. The number of carbonyl (C=O) groups excluding carboxylic acids is 4. The van der Waals surface area contributed by atoms with Gasteiger partial charge in [0, 0.05) is 67.6 Å². The van der Waals surface area contributed by atoms with Gasteiger partial charge in [-0.25, -0.2) is 28.7 Å². The maximum atomic E-state index is 15.1. The van der Waals surface area contributed by atoms with E-state index in [2.05, 4.69) is 40.8 Å². The smallest absolute Gasteiger partial charge is 0.251 e. The molecule has 60 heavy (non-hydrogen) atoms. The van der Waals surface area contributed by atoms with Gasteiger partial charge in [0.15, 0.2) is 11.6 Å². The Kier molecular flexibility index (Phi) is 11.5. The number of carbonyl (C=O) groups is 4. The Morgan fingerprint density at radius 1 is 0.883 bits per heavy atom. The number of aryl methyl sites for hydroxylation is 1. The molecule has 0 radical (unpaired) electrons. The summed E-state index contributed by atoms with van der Waals surface area (Å²) in [6.45, 7) is 8.70. The van der Waals surface area contributed by atoms with Gasteiger partial charge in [-0.1, -0.05) is 6.07 Å². The third-order valence-electron chi connectivity index (χ3n) is 11.9. The normalized spacial score (nSPS) is 17.9. The third-order valence-corrected chi connectivity index (χ3v) is 11.9. The molecule has 1 unspecified atom stereocenters. The molecule has 312 valence electrons. The Balaban J connectivity index is 0.795. The standard InChI is InChI=1S/C44H48F2N10O4/c1-25(2)56-26(3)49-40-33(45)21-31(22-36(40)56)39-34(46)24-48-44(53-39)51-37-10-4-28(23-47-37)20-27-12-16-55(17-13-27)43(60)30-14-18-54(19-15-30)32-7-5-29(6-8-32)41(58)50-35-9-11-38(57)52-42(35)59/h4-8,10,21-25,27,30,35H,9,11-20H2,1-3H3,(H,50,58)(H,52,57,59)(H,47,48,51,53). The predicted octanol–water partition coefficient (Wildman–Crippen LogP) is 6.03. The van der Waals surface area contributed by atoms with E-state index in [-0.39, 0.29) is 65.2 Å².